The number of nitrogens with one attached hydrogen (secondary N) is 1. The summed E-state index contributed by atoms with van der Waals surface area (Å²) in [6, 6.07) is 2.14. The van der Waals surface area contributed by atoms with Gasteiger partial charge in [0, 0.05) is 6.54 Å². The molecule has 1 aromatic rings. The van der Waals surface area contributed by atoms with Gasteiger partial charge in [-0.3, -0.25) is 4.79 Å². The van der Waals surface area contributed by atoms with Crippen molar-refractivity contribution in [2.75, 3.05) is 11.9 Å². The number of aromatic nitrogens is 2. The lowest BCUT2D eigenvalue weighted by molar-refractivity contribution is -0.146. The van der Waals surface area contributed by atoms with Gasteiger partial charge in [0.1, 0.15) is 11.6 Å². The quantitative estimate of drug-likeness (QED) is 0.824. The number of aryl methyl sites for hydroxylation is 1. The lowest BCUT2D eigenvalue weighted by Gasteiger charge is -2.20. The van der Waals surface area contributed by atoms with Crippen LogP contribution >= 0.6 is 0 Å². The molecule has 0 fully saturated rings. The van der Waals surface area contributed by atoms with Gasteiger partial charge in [0.25, 0.3) is 0 Å². The van der Waals surface area contributed by atoms with Crippen LogP contribution in [-0.2, 0) is 17.6 Å². The van der Waals surface area contributed by atoms with Crippen LogP contribution in [0.5, 0.6) is 0 Å². The van der Waals surface area contributed by atoms with Gasteiger partial charge in [0.2, 0.25) is 0 Å². The molecule has 0 saturated carbocycles. The van der Waals surface area contributed by atoms with E-state index in [0.717, 1.165) is 11.3 Å². The number of carbonyl (C=O) groups is 1. The smallest absolute Gasteiger partial charge is 0.310 e. The molecule has 0 aliphatic heterocycles. The van der Waals surface area contributed by atoms with Crippen LogP contribution in [0.4, 0.5) is 5.82 Å². The Morgan fingerprint density at radius 2 is 2.00 bits per heavy atom. The first-order valence-corrected chi connectivity index (χ1v) is 6.63. The Labute approximate surface area is 118 Å². The Hall–Kier alpha value is -2.16. The van der Waals surface area contributed by atoms with Crippen molar-refractivity contribution in [2.45, 2.75) is 40.5 Å². The summed E-state index contributed by atoms with van der Waals surface area (Å²) in [6.07, 6.45) is 1.41. The number of nitrogens with zero attached hydrogens (tertiary/aromatic N) is 3. The summed E-state index contributed by atoms with van der Waals surface area (Å²) in [6.45, 7) is 7.33. The molecule has 108 valence electrons. The van der Waals surface area contributed by atoms with Crippen molar-refractivity contribution in [3.8, 4) is 6.07 Å². The zero-order valence-electron chi connectivity index (χ0n) is 12.3. The van der Waals surface area contributed by atoms with Gasteiger partial charge in [0.05, 0.1) is 11.1 Å². The van der Waals surface area contributed by atoms with Crippen LogP contribution < -0.4 is 5.32 Å². The SMILES string of the molecule is CCc1nnc(NCC(C)(C)C(=O)O)c(C#N)c1CC. The first-order valence-electron chi connectivity index (χ1n) is 6.63. The second-order valence-corrected chi connectivity index (χ2v) is 5.21. The minimum atomic E-state index is -0.940. The molecule has 0 aliphatic carbocycles. The molecule has 1 heterocycles. The zero-order chi connectivity index (χ0) is 15.3. The van der Waals surface area contributed by atoms with E-state index >= 15 is 0 Å². The van der Waals surface area contributed by atoms with E-state index < -0.39 is 11.4 Å². The summed E-state index contributed by atoms with van der Waals surface area (Å²) in [5, 5.41) is 29.5. The summed E-state index contributed by atoms with van der Waals surface area (Å²) in [7, 11) is 0. The maximum absolute atomic E-state index is 11.1. The first kappa shape index (κ1) is 15.9. The van der Waals surface area contributed by atoms with Crippen molar-refractivity contribution >= 4 is 11.8 Å². The van der Waals surface area contributed by atoms with Crippen LogP contribution in [0.1, 0.15) is 44.5 Å². The van der Waals surface area contributed by atoms with Crippen molar-refractivity contribution in [2.24, 2.45) is 5.41 Å². The molecular formula is C14H20N4O2. The highest BCUT2D eigenvalue weighted by Crippen LogP contribution is 2.22. The summed E-state index contributed by atoms with van der Waals surface area (Å²) >= 11 is 0. The van der Waals surface area contributed by atoms with Crippen molar-refractivity contribution < 1.29 is 9.90 Å². The molecule has 0 bridgehead atoms. The monoisotopic (exact) mass is 276 g/mol. The highest BCUT2D eigenvalue weighted by molar-refractivity contribution is 5.74. The third kappa shape index (κ3) is 3.23. The highest BCUT2D eigenvalue weighted by atomic mass is 16.4. The lowest BCUT2D eigenvalue weighted by atomic mass is 9.94. The van der Waals surface area contributed by atoms with Crippen LogP contribution in [0.2, 0.25) is 0 Å². The molecule has 0 atom stereocenters. The average Bonchev–Trinajstić information content (AvgIpc) is 2.43. The average molecular weight is 276 g/mol. The van der Waals surface area contributed by atoms with Gasteiger partial charge in [-0.15, -0.1) is 5.10 Å². The fraction of sp³-hybridized carbons (Fsp3) is 0.571. The van der Waals surface area contributed by atoms with Crippen molar-refractivity contribution in [1.82, 2.24) is 10.2 Å². The second kappa shape index (κ2) is 6.33. The normalized spacial score (nSPS) is 10.9. The molecule has 0 unspecified atom stereocenters. The maximum atomic E-state index is 11.1. The van der Waals surface area contributed by atoms with Gasteiger partial charge >= 0.3 is 5.97 Å². The topological polar surface area (TPSA) is 98.9 Å². The summed E-state index contributed by atoms with van der Waals surface area (Å²) in [5.41, 5.74) is 1.21. The van der Waals surface area contributed by atoms with E-state index in [4.69, 9.17) is 5.11 Å². The van der Waals surface area contributed by atoms with Crippen LogP contribution in [0.3, 0.4) is 0 Å². The van der Waals surface area contributed by atoms with Crippen LogP contribution in [0, 0.1) is 16.7 Å². The summed E-state index contributed by atoms with van der Waals surface area (Å²) in [4.78, 5) is 11.1. The number of carboxylic acid groups (broad SMARTS) is 1. The minimum absolute atomic E-state index is 0.181. The molecule has 20 heavy (non-hydrogen) atoms. The van der Waals surface area contributed by atoms with Crippen molar-refractivity contribution in [3.05, 3.63) is 16.8 Å². The van der Waals surface area contributed by atoms with Crippen molar-refractivity contribution in [1.29, 1.82) is 5.26 Å². The Bertz CT molecular complexity index is 547. The standard InChI is InChI=1S/C14H20N4O2/c1-5-9-10(7-15)12(18-17-11(9)6-2)16-8-14(3,4)13(19)20/h5-6,8H2,1-4H3,(H,16,18)(H,19,20). The molecular weight excluding hydrogens is 256 g/mol. The van der Waals surface area contributed by atoms with Crippen LogP contribution in [0.15, 0.2) is 0 Å². The summed E-state index contributed by atoms with van der Waals surface area (Å²) in [5.74, 6) is -0.548. The number of carboxylic acids is 1. The first-order chi connectivity index (χ1) is 9.37. The molecule has 0 spiro atoms. The van der Waals surface area contributed by atoms with Gasteiger partial charge in [-0.2, -0.15) is 10.4 Å². The Kier molecular flexibility index (Phi) is 5.03. The number of rotatable bonds is 6. The van der Waals surface area contributed by atoms with E-state index in [1.165, 1.54) is 0 Å². The molecule has 0 aliphatic rings. The largest absolute Gasteiger partial charge is 0.481 e. The van der Waals surface area contributed by atoms with E-state index in [1.54, 1.807) is 13.8 Å². The molecule has 1 aromatic heterocycles. The number of hydrogen-bond donors (Lipinski definition) is 2. The highest BCUT2D eigenvalue weighted by Gasteiger charge is 2.27. The van der Waals surface area contributed by atoms with Gasteiger partial charge in [0.15, 0.2) is 5.82 Å². The Morgan fingerprint density at radius 1 is 1.35 bits per heavy atom. The van der Waals surface area contributed by atoms with E-state index in [2.05, 4.69) is 21.6 Å². The third-order valence-corrected chi connectivity index (χ3v) is 3.23. The molecule has 6 heteroatoms. The number of nitriles is 1. The Balaban J connectivity index is 3.09. The van der Waals surface area contributed by atoms with Gasteiger partial charge in [-0.05, 0) is 32.3 Å². The molecule has 0 amide bonds. The molecule has 0 saturated heterocycles. The molecule has 0 aromatic carbocycles. The zero-order valence-corrected chi connectivity index (χ0v) is 12.3. The molecule has 0 radical (unpaired) electrons. The van der Waals surface area contributed by atoms with Gasteiger partial charge in [-0.1, -0.05) is 13.8 Å². The van der Waals surface area contributed by atoms with E-state index in [-0.39, 0.29) is 6.54 Å². The number of aliphatic carboxylic acids is 1. The maximum Gasteiger partial charge on any atom is 0.310 e. The van der Waals surface area contributed by atoms with E-state index in [1.807, 2.05) is 13.8 Å². The molecule has 6 nitrogen and oxygen atoms in total. The van der Waals surface area contributed by atoms with Crippen LogP contribution in [-0.4, -0.2) is 27.8 Å². The van der Waals surface area contributed by atoms with Gasteiger partial charge in [-0.25, -0.2) is 0 Å². The molecule has 1 rings (SSSR count). The van der Waals surface area contributed by atoms with Crippen LogP contribution in [0.25, 0.3) is 0 Å². The third-order valence-electron chi connectivity index (χ3n) is 3.23. The lowest BCUT2D eigenvalue weighted by Crippen LogP contribution is -2.32. The summed E-state index contributed by atoms with van der Waals surface area (Å²) < 4.78 is 0. The number of anilines is 1. The van der Waals surface area contributed by atoms with Gasteiger partial charge < -0.3 is 10.4 Å². The minimum Gasteiger partial charge on any atom is -0.481 e. The predicted molar refractivity (Wildman–Crippen MR) is 75.4 cm³/mol. The predicted octanol–water partition coefficient (Wildman–Crippen LogP) is 2.00. The fourth-order valence-electron chi connectivity index (χ4n) is 1.80. The fourth-order valence-corrected chi connectivity index (χ4v) is 1.80. The van der Waals surface area contributed by atoms with E-state index in [9.17, 15) is 10.1 Å². The molecule has 2 N–H and O–H groups in total. The van der Waals surface area contributed by atoms with E-state index in [0.29, 0.717) is 24.2 Å². The number of hydrogen-bond acceptors (Lipinski definition) is 5. The second-order valence-electron chi connectivity index (χ2n) is 5.21. The van der Waals surface area contributed by atoms with Crippen molar-refractivity contribution in [3.63, 3.8) is 0 Å². The Morgan fingerprint density at radius 3 is 2.45 bits per heavy atom.